The molecule has 0 bridgehead atoms. The maximum atomic E-state index is 12.4. The van der Waals surface area contributed by atoms with Crippen LogP contribution >= 0.6 is 0 Å². The fourth-order valence-electron chi connectivity index (χ4n) is 3.77. The Morgan fingerprint density at radius 3 is 2.55 bits per heavy atom. The van der Waals surface area contributed by atoms with Gasteiger partial charge in [0.2, 0.25) is 0 Å². The second-order valence-electron chi connectivity index (χ2n) is 6.67. The van der Waals surface area contributed by atoms with Gasteiger partial charge in [-0.1, -0.05) is 19.9 Å². The minimum absolute atomic E-state index is 0.0889. The van der Waals surface area contributed by atoms with Gasteiger partial charge >= 0.3 is 0 Å². The second kappa shape index (κ2) is 5.57. The van der Waals surface area contributed by atoms with Gasteiger partial charge in [0.15, 0.2) is 0 Å². The van der Waals surface area contributed by atoms with Crippen LogP contribution in [0.1, 0.15) is 54.6 Å². The summed E-state index contributed by atoms with van der Waals surface area (Å²) >= 11 is 0. The number of amides is 1. The minimum Gasteiger partial charge on any atom is -0.349 e. The maximum absolute atomic E-state index is 12.4. The highest BCUT2D eigenvalue weighted by Crippen LogP contribution is 2.28. The molecule has 3 heteroatoms. The van der Waals surface area contributed by atoms with E-state index >= 15 is 0 Å². The van der Waals surface area contributed by atoms with Gasteiger partial charge in [0.25, 0.3) is 5.91 Å². The molecule has 0 aromatic heterocycles. The lowest BCUT2D eigenvalue weighted by Gasteiger charge is -2.32. The molecule has 1 aromatic carbocycles. The van der Waals surface area contributed by atoms with Crippen LogP contribution in [-0.2, 0) is 13.1 Å². The molecule has 108 valence electrons. The van der Waals surface area contributed by atoms with E-state index in [1.807, 2.05) is 12.1 Å². The van der Waals surface area contributed by atoms with E-state index < -0.39 is 0 Å². The Kier molecular flexibility index (Phi) is 3.79. The third-order valence-electron chi connectivity index (χ3n) is 4.61. The first-order chi connectivity index (χ1) is 9.61. The summed E-state index contributed by atoms with van der Waals surface area (Å²) in [6.45, 7) is 6.38. The Bertz CT molecular complexity index is 502. The van der Waals surface area contributed by atoms with Crippen molar-refractivity contribution < 1.29 is 4.79 Å². The number of hydrogen-bond donors (Lipinski definition) is 2. The SMILES string of the molecule is CC1CC(C)CC(NC(=O)c2ccc3c(c2)CNC3)C1. The van der Waals surface area contributed by atoms with Crippen LogP contribution in [-0.4, -0.2) is 11.9 Å². The molecule has 2 N–H and O–H groups in total. The molecule has 1 fully saturated rings. The first kappa shape index (κ1) is 13.6. The highest BCUT2D eigenvalue weighted by atomic mass is 16.1. The zero-order valence-electron chi connectivity index (χ0n) is 12.4. The molecule has 3 rings (SSSR count). The molecular weight excluding hydrogens is 248 g/mol. The van der Waals surface area contributed by atoms with Crippen LogP contribution in [0.3, 0.4) is 0 Å². The van der Waals surface area contributed by atoms with Gasteiger partial charge in [-0.3, -0.25) is 4.79 Å². The molecule has 20 heavy (non-hydrogen) atoms. The fourth-order valence-corrected chi connectivity index (χ4v) is 3.77. The van der Waals surface area contributed by atoms with E-state index in [4.69, 9.17) is 0 Å². The summed E-state index contributed by atoms with van der Waals surface area (Å²) in [5.74, 6) is 1.52. The van der Waals surface area contributed by atoms with Gasteiger partial charge in [-0.05, 0) is 54.4 Å². The first-order valence-corrected chi connectivity index (χ1v) is 7.75. The highest BCUT2D eigenvalue weighted by molar-refractivity contribution is 5.94. The predicted octanol–water partition coefficient (Wildman–Crippen LogP) is 2.84. The van der Waals surface area contributed by atoms with E-state index in [0.717, 1.165) is 31.5 Å². The largest absolute Gasteiger partial charge is 0.349 e. The number of benzene rings is 1. The monoisotopic (exact) mass is 272 g/mol. The molecule has 2 atom stereocenters. The molecule has 2 unspecified atom stereocenters. The van der Waals surface area contributed by atoms with Crippen molar-refractivity contribution in [2.24, 2.45) is 11.8 Å². The van der Waals surface area contributed by atoms with Crippen LogP contribution in [0, 0.1) is 11.8 Å². The lowest BCUT2D eigenvalue weighted by molar-refractivity contribution is 0.0911. The maximum Gasteiger partial charge on any atom is 0.251 e. The second-order valence-corrected chi connectivity index (χ2v) is 6.67. The van der Waals surface area contributed by atoms with Crippen LogP contribution in [0.4, 0.5) is 0 Å². The average Bonchev–Trinajstić information content (AvgIpc) is 2.84. The van der Waals surface area contributed by atoms with Crippen molar-refractivity contribution in [3.63, 3.8) is 0 Å². The lowest BCUT2D eigenvalue weighted by atomic mass is 9.80. The van der Waals surface area contributed by atoms with Gasteiger partial charge in [-0.2, -0.15) is 0 Å². The Morgan fingerprint density at radius 2 is 1.80 bits per heavy atom. The third-order valence-corrected chi connectivity index (χ3v) is 4.61. The Balaban J connectivity index is 1.67. The molecule has 3 nitrogen and oxygen atoms in total. The van der Waals surface area contributed by atoms with Crippen LogP contribution < -0.4 is 10.6 Å². The summed E-state index contributed by atoms with van der Waals surface area (Å²) in [4.78, 5) is 12.4. The lowest BCUT2D eigenvalue weighted by Crippen LogP contribution is -2.40. The van der Waals surface area contributed by atoms with Crippen LogP contribution in [0.25, 0.3) is 0 Å². The molecule has 1 aliphatic carbocycles. The normalized spacial score (nSPS) is 29.0. The van der Waals surface area contributed by atoms with Gasteiger partial charge in [-0.15, -0.1) is 0 Å². The van der Waals surface area contributed by atoms with Crippen molar-refractivity contribution in [1.82, 2.24) is 10.6 Å². The molecule has 0 saturated heterocycles. The quantitative estimate of drug-likeness (QED) is 0.869. The molecule has 1 aromatic rings. The van der Waals surface area contributed by atoms with Crippen molar-refractivity contribution in [3.05, 3.63) is 34.9 Å². The van der Waals surface area contributed by atoms with Crippen LogP contribution in [0.2, 0.25) is 0 Å². The average molecular weight is 272 g/mol. The van der Waals surface area contributed by atoms with Crippen molar-refractivity contribution in [2.75, 3.05) is 0 Å². The number of carbonyl (C=O) groups excluding carboxylic acids is 1. The molecule has 0 spiro atoms. The van der Waals surface area contributed by atoms with Gasteiger partial charge < -0.3 is 10.6 Å². The number of hydrogen-bond acceptors (Lipinski definition) is 2. The number of rotatable bonds is 2. The summed E-state index contributed by atoms with van der Waals surface area (Å²) in [6.07, 6.45) is 3.52. The summed E-state index contributed by atoms with van der Waals surface area (Å²) in [6, 6.07) is 6.42. The first-order valence-electron chi connectivity index (χ1n) is 7.75. The highest BCUT2D eigenvalue weighted by Gasteiger charge is 2.25. The number of carbonyl (C=O) groups is 1. The Morgan fingerprint density at radius 1 is 1.10 bits per heavy atom. The number of nitrogens with one attached hydrogen (secondary N) is 2. The van der Waals surface area contributed by atoms with E-state index in [9.17, 15) is 4.79 Å². The minimum atomic E-state index is 0.0889. The topological polar surface area (TPSA) is 41.1 Å². The van der Waals surface area contributed by atoms with Crippen molar-refractivity contribution in [1.29, 1.82) is 0 Å². The van der Waals surface area contributed by atoms with Gasteiger partial charge in [-0.25, -0.2) is 0 Å². The molecule has 1 saturated carbocycles. The molecule has 1 amide bonds. The molecule has 0 radical (unpaired) electrons. The zero-order chi connectivity index (χ0) is 14.1. The zero-order valence-corrected chi connectivity index (χ0v) is 12.4. The molecule has 2 aliphatic rings. The van der Waals surface area contributed by atoms with Crippen molar-refractivity contribution in [3.8, 4) is 0 Å². The van der Waals surface area contributed by atoms with Crippen molar-refractivity contribution in [2.45, 2.75) is 52.2 Å². The Hall–Kier alpha value is -1.35. The number of fused-ring (bicyclic) bond motifs is 1. The standard InChI is InChI=1S/C17H24N2O/c1-11-5-12(2)7-16(6-11)19-17(20)13-3-4-14-9-18-10-15(14)8-13/h3-4,8,11-12,16,18H,5-7,9-10H2,1-2H3,(H,19,20). The smallest absolute Gasteiger partial charge is 0.251 e. The van der Waals surface area contributed by atoms with Gasteiger partial charge in [0.1, 0.15) is 0 Å². The van der Waals surface area contributed by atoms with E-state index in [1.54, 1.807) is 0 Å². The van der Waals surface area contributed by atoms with E-state index in [2.05, 4.69) is 30.5 Å². The van der Waals surface area contributed by atoms with E-state index in [0.29, 0.717) is 17.9 Å². The van der Waals surface area contributed by atoms with E-state index in [1.165, 1.54) is 17.5 Å². The molecule has 1 aliphatic heterocycles. The van der Waals surface area contributed by atoms with E-state index in [-0.39, 0.29) is 5.91 Å². The molecular formula is C17H24N2O. The fraction of sp³-hybridized carbons (Fsp3) is 0.588. The van der Waals surface area contributed by atoms with Gasteiger partial charge in [0.05, 0.1) is 0 Å². The molecule has 1 heterocycles. The van der Waals surface area contributed by atoms with Crippen molar-refractivity contribution >= 4 is 5.91 Å². The summed E-state index contributed by atoms with van der Waals surface area (Å²) in [5.41, 5.74) is 3.39. The summed E-state index contributed by atoms with van der Waals surface area (Å²) in [5, 5.41) is 6.54. The Labute approximate surface area is 121 Å². The summed E-state index contributed by atoms with van der Waals surface area (Å²) in [7, 11) is 0. The summed E-state index contributed by atoms with van der Waals surface area (Å²) < 4.78 is 0. The van der Waals surface area contributed by atoms with Crippen LogP contribution in [0.5, 0.6) is 0 Å². The van der Waals surface area contributed by atoms with Crippen LogP contribution in [0.15, 0.2) is 18.2 Å². The van der Waals surface area contributed by atoms with Gasteiger partial charge in [0, 0.05) is 24.7 Å². The third kappa shape index (κ3) is 2.88. The predicted molar refractivity (Wildman–Crippen MR) is 80.4 cm³/mol.